The van der Waals surface area contributed by atoms with Crippen LogP contribution >= 0.6 is 0 Å². The van der Waals surface area contributed by atoms with Gasteiger partial charge in [-0.2, -0.15) is 0 Å². The summed E-state index contributed by atoms with van der Waals surface area (Å²) >= 11 is 0. The molecule has 1 aliphatic carbocycles. The van der Waals surface area contributed by atoms with Gasteiger partial charge in [0.2, 0.25) is 0 Å². The molecule has 1 N–H and O–H groups in total. The summed E-state index contributed by atoms with van der Waals surface area (Å²) in [5, 5.41) is 3.17. The van der Waals surface area contributed by atoms with Gasteiger partial charge in [0, 0.05) is 0 Å². The molecule has 1 aliphatic rings. The molecule has 2 atom stereocenters. The zero-order valence-electron chi connectivity index (χ0n) is 14.4. The summed E-state index contributed by atoms with van der Waals surface area (Å²) in [6.45, 7) is 3.91. The maximum Gasteiger partial charge on any atom is 0.261 e. The number of carbonyl (C=O) groups is 1. The molecule has 0 aromatic heterocycles. The van der Waals surface area contributed by atoms with Gasteiger partial charge in [-0.3, -0.25) is 4.79 Å². The van der Waals surface area contributed by atoms with Gasteiger partial charge in [0.15, 0.2) is 6.10 Å². The number of aryl methyl sites for hydroxylation is 2. The van der Waals surface area contributed by atoms with Gasteiger partial charge in [-0.1, -0.05) is 49.4 Å². The van der Waals surface area contributed by atoms with E-state index in [4.69, 9.17) is 4.74 Å². The molecule has 0 bridgehead atoms. The Labute approximate surface area is 144 Å². The number of hydrogen-bond donors (Lipinski definition) is 1. The van der Waals surface area contributed by atoms with Crippen LogP contribution in [0.25, 0.3) is 0 Å². The Balaban J connectivity index is 1.67. The first-order chi connectivity index (χ1) is 11.7. The molecule has 1 amide bonds. The van der Waals surface area contributed by atoms with E-state index in [9.17, 15) is 4.79 Å². The van der Waals surface area contributed by atoms with Crippen LogP contribution in [0.15, 0.2) is 48.5 Å². The number of benzene rings is 2. The zero-order chi connectivity index (χ0) is 16.9. The molecule has 126 valence electrons. The fraction of sp³-hybridized carbons (Fsp3) is 0.381. The summed E-state index contributed by atoms with van der Waals surface area (Å²) in [6.07, 6.45) is 3.57. The summed E-state index contributed by atoms with van der Waals surface area (Å²) in [7, 11) is 0. The second-order valence-electron chi connectivity index (χ2n) is 6.37. The monoisotopic (exact) mass is 323 g/mol. The van der Waals surface area contributed by atoms with Gasteiger partial charge >= 0.3 is 0 Å². The lowest BCUT2D eigenvalue weighted by atomic mass is 9.87. The first kappa shape index (κ1) is 16.6. The van der Waals surface area contributed by atoms with Crippen molar-refractivity contribution in [3.63, 3.8) is 0 Å². The number of nitrogens with one attached hydrogen (secondary N) is 1. The number of rotatable bonds is 5. The summed E-state index contributed by atoms with van der Waals surface area (Å²) in [5.74, 6) is 0.745. The van der Waals surface area contributed by atoms with E-state index in [0.717, 1.165) is 37.0 Å². The van der Waals surface area contributed by atoms with Crippen LogP contribution in [0.2, 0.25) is 0 Å². The van der Waals surface area contributed by atoms with Crippen LogP contribution in [0, 0.1) is 0 Å². The lowest BCUT2D eigenvalue weighted by Gasteiger charge is -2.27. The smallest absolute Gasteiger partial charge is 0.261 e. The van der Waals surface area contributed by atoms with Gasteiger partial charge in [-0.25, -0.2) is 0 Å². The van der Waals surface area contributed by atoms with Crippen LogP contribution in [0.3, 0.4) is 0 Å². The van der Waals surface area contributed by atoms with Crippen molar-refractivity contribution in [1.82, 2.24) is 5.32 Å². The predicted molar refractivity (Wildman–Crippen MR) is 96.2 cm³/mol. The van der Waals surface area contributed by atoms with Crippen LogP contribution in [0.5, 0.6) is 5.75 Å². The highest BCUT2D eigenvalue weighted by Gasteiger charge is 2.24. The molecule has 0 aliphatic heterocycles. The first-order valence-electron chi connectivity index (χ1n) is 8.81. The third-order valence-corrected chi connectivity index (χ3v) is 4.71. The van der Waals surface area contributed by atoms with Gasteiger partial charge in [0.05, 0.1) is 6.04 Å². The van der Waals surface area contributed by atoms with Crippen molar-refractivity contribution in [2.24, 2.45) is 0 Å². The van der Waals surface area contributed by atoms with Gasteiger partial charge in [-0.15, -0.1) is 0 Å². The van der Waals surface area contributed by atoms with Crippen molar-refractivity contribution in [2.45, 2.75) is 51.7 Å². The lowest BCUT2D eigenvalue weighted by Crippen LogP contribution is -2.39. The lowest BCUT2D eigenvalue weighted by molar-refractivity contribution is -0.128. The Morgan fingerprint density at radius 1 is 1.21 bits per heavy atom. The van der Waals surface area contributed by atoms with E-state index in [1.54, 1.807) is 0 Å². The van der Waals surface area contributed by atoms with E-state index in [2.05, 4.69) is 30.4 Å². The van der Waals surface area contributed by atoms with E-state index >= 15 is 0 Å². The molecule has 24 heavy (non-hydrogen) atoms. The number of carbonyl (C=O) groups excluding carboxylic acids is 1. The highest BCUT2D eigenvalue weighted by atomic mass is 16.5. The van der Waals surface area contributed by atoms with Crippen LogP contribution in [0.4, 0.5) is 0 Å². The third kappa shape index (κ3) is 3.61. The first-order valence-corrected chi connectivity index (χ1v) is 8.81. The van der Waals surface area contributed by atoms with Crippen molar-refractivity contribution >= 4 is 5.91 Å². The molecule has 3 rings (SSSR count). The van der Waals surface area contributed by atoms with Gasteiger partial charge in [-0.05, 0) is 55.4 Å². The second kappa shape index (κ2) is 7.52. The fourth-order valence-electron chi connectivity index (χ4n) is 3.35. The van der Waals surface area contributed by atoms with Crippen LogP contribution in [-0.2, 0) is 17.6 Å². The predicted octanol–water partition coefficient (Wildman–Crippen LogP) is 4.21. The second-order valence-corrected chi connectivity index (χ2v) is 6.37. The molecule has 2 aromatic carbocycles. The van der Waals surface area contributed by atoms with E-state index < -0.39 is 6.10 Å². The largest absolute Gasteiger partial charge is 0.481 e. The topological polar surface area (TPSA) is 38.3 Å². The number of fused-ring (bicyclic) bond motifs is 1. The third-order valence-electron chi connectivity index (χ3n) is 4.71. The molecule has 2 aromatic rings. The molecule has 0 radical (unpaired) electrons. The molecule has 0 saturated heterocycles. The standard InChI is InChI=1S/C21H25NO2/c1-3-16-9-5-7-14-20(16)24-15(2)21(23)22-19-13-8-11-17-10-4-6-12-18(17)19/h4-7,9-10,12,14-15,19H,3,8,11,13H2,1-2H3,(H,22,23)/t15-,19-/m0/s1. The SMILES string of the molecule is CCc1ccccc1O[C@@H](C)C(=O)N[C@H]1CCCc2ccccc21. The minimum Gasteiger partial charge on any atom is -0.481 e. The van der Waals surface area contributed by atoms with Gasteiger partial charge in [0.1, 0.15) is 5.75 Å². The van der Waals surface area contributed by atoms with Gasteiger partial charge < -0.3 is 10.1 Å². The molecule has 0 fully saturated rings. The molecule has 0 heterocycles. The molecular formula is C21H25NO2. The normalized spacial score (nSPS) is 17.7. The van der Waals surface area contributed by atoms with Crippen molar-refractivity contribution in [3.8, 4) is 5.75 Å². The molecule has 0 spiro atoms. The summed E-state index contributed by atoms with van der Waals surface area (Å²) in [4.78, 5) is 12.6. The van der Waals surface area contributed by atoms with Crippen LogP contribution in [0.1, 0.15) is 49.4 Å². The fourth-order valence-corrected chi connectivity index (χ4v) is 3.35. The number of para-hydroxylation sites is 1. The van der Waals surface area contributed by atoms with Crippen molar-refractivity contribution in [3.05, 3.63) is 65.2 Å². The molecule has 0 saturated carbocycles. The molecule has 3 nitrogen and oxygen atoms in total. The van der Waals surface area contributed by atoms with Crippen molar-refractivity contribution in [1.29, 1.82) is 0 Å². The summed E-state index contributed by atoms with van der Waals surface area (Å²) < 4.78 is 5.92. The van der Waals surface area contributed by atoms with Crippen molar-refractivity contribution < 1.29 is 9.53 Å². The minimum atomic E-state index is -0.508. The molecule has 0 unspecified atom stereocenters. The minimum absolute atomic E-state index is 0.0531. The summed E-state index contributed by atoms with van der Waals surface area (Å²) in [5.41, 5.74) is 3.72. The Kier molecular flexibility index (Phi) is 5.19. The number of hydrogen-bond acceptors (Lipinski definition) is 2. The Morgan fingerprint density at radius 3 is 2.79 bits per heavy atom. The Hall–Kier alpha value is -2.29. The summed E-state index contributed by atoms with van der Waals surface area (Å²) in [6, 6.07) is 16.4. The molecule has 3 heteroatoms. The Bertz CT molecular complexity index is 710. The van der Waals surface area contributed by atoms with Crippen LogP contribution < -0.4 is 10.1 Å². The van der Waals surface area contributed by atoms with E-state index in [1.807, 2.05) is 37.3 Å². The quantitative estimate of drug-likeness (QED) is 0.895. The van der Waals surface area contributed by atoms with E-state index in [1.165, 1.54) is 11.1 Å². The highest BCUT2D eigenvalue weighted by Crippen LogP contribution is 2.29. The van der Waals surface area contributed by atoms with Crippen molar-refractivity contribution in [2.75, 3.05) is 0 Å². The van der Waals surface area contributed by atoms with E-state index in [-0.39, 0.29) is 11.9 Å². The zero-order valence-corrected chi connectivity index (χ0v) is 14.4. The average Bonchev–Trinajstić information content (AvgIpc) is 2.62. The van der Waals surface area contributed by atoms with E-state index in [0.29, 0.717) is 0 Å². The highest BCUT2D eigenvalue weighted by molar-refractivity contribution is 5.81. The number of amides is 1. The average molecular weight is 323 g/mol. The Morgan fingerprint density at radius 2 is 1.96 bits per heavy atom. The maximum atomic E-state index is 12.6. The maximum absolute atomic E-state index is 12.6. The van der Waals surface area contributed by atoms with Gasteiger partial charge in [0.25, 0.3) is 5.91 Å². The number of ether oxygens (including phenoxy) is 1. The van der Waals surface area contributed by atoms with Crippen LogP contribution in [-0.4, -0.2) is 12.0 Å². The molecular weight excluding hydrogens is 298 g/mol.